The van der Waals surface area contributed by atoms with Gasteiger partial charge in [0, 0.05) is 15.2 Å². The van der Waals surface area contributed by atoms with Crippen molar-refractivity contribution in [2.45, 2.75) is 39.8 Å². The lowest BCUT2D eigenvalue weighted by Gasteiger charge is -2.36. The second-order valence-electron chi connectivity index (χ2n) is 7.34. The third-order valence-corrected chi connectivity index (χ3v) is 7.57. The van der Waals surface area contributed by atoms with E-state index in [2.05, 4.69) is 68.4 Å². The Labute approximate surface area is 169 Å². The van der Waals surface area contributed by atoms with Crippen LogP contribution in [-0.2, 0) is 5.41 Å². The molecule has 1 aliphatic heterocycles. The first kappa shape index (κ1) is 18.6. The maximum Gasteiger partial charge on any atom is 0.0794 e. The van der Waals surface area contributed by atoms with Crippen LogP contribution in [0.2, 0.25) is 0 Å². The lowest BCUT2D eigenvalue weighted by atomic mass is 9.77. The third-order valence-electron chi connectivity index (χ3n) is 5.22. The van der Waals surface area contributed by atoms with Gasteiger partial charge in [-0.05, 0) is 28.3 Å². The van der Waals surface area contributed by atoms with E-state index in [4.69, 9.17) is 11.5 Å². The zero-order chi connectivity index (χ0) is 19.0. The largest absolute Gasteiger partial charge is 0.316 e. The molecule has 1 aliphatic rings. The normalized spacial score (nSPS) is 16.9. The van der Waals surface area contributed by atoms with E-state index in [-0.39, 0.29) is 16.2 Å². The van der Waals surface area contributed by atoms with Crippen molar-refractivity contribution in [1.29, 1.82) is 0 Å². The lowest BCUT2D eigenvalue weighted by Crippen LogP contribution is -2.25. The highest BCUT2D eigenvalue weighted by molar-refractivity contribution is 8.00. The zero-order valence-electron chi connectivity index (χ0n) is 15.6. The van der Waals surface area contributed by atoms with Crippen LogP contribution < -0.4 is 11.5 Å². The summed E-state index contributed by atoms with van der Waals surface area (Å²) in [5.41, 5.74) is 18.0. The molecule has 4 N–H and O–H groups in total. The molecular weight excluding hydrogens is 368 g/mol. The van der Waals surface area contributed by atoms with Crippen LogP contribution in [-0.4, -0.2) is 0 Å². The van der Waals surface area contributed by atoms with Gasteiger partial charge < -0.3 is 11.5 Å². The lowest BCUT2D eigenvalue weighted by molar-refractivity contribution is 0.604. The fraction of sp³-hybridized carbons (Fsp3) is 0.217. The predicted molar refractivity (Wildman–Crippen MR) is 117 cm³/mol. The Morgan fingerprint density at radius 1 is 0.778 bits per heavy atom. The van der Waals surface area contributed by atoms with E-state index in [1.165, 1.54) is 20.9 Å². The minimum atomic E-state index is -0.177. The number of fused-ring (bicyclic) bond motifs is 2. The van der Waals surface area contributed by atoms with Crippen molar-refractivity contribution in [3.63, 3.8) is 0 Å². The van der Waals surface area contributed by atoms with Gasteiger partial charge in [-0.1, -0.05) is 92.3 Å². The number of benzene rings is 3. The zero-order valence-corrected chi connectivity index (χ0v) is 17.2. The number of nitrogens with two attached hydrogens (primary N) is 2. The van der Waals surface area contributed by atoms with Gasteiger partial charge in [0.25, 0.3) is 0 Å². The molecule has 1 heterocycles. The van der Waals surface area contributed by atoms with E-state index in [1.807, 2.05) is 30.0 Å². The fourth-order valence-corrected chi connectivity index (χ4v) is 6.26. The van der Waals surface area contributed by atoms with E-state index in [0.717, 1.165) is 11.1 Å². The van der Waals surface area contributed by atoms with E-state index < -0.39 is 0 Å². The molecule has 0 bridgehead atoms. The van der Waals surface area contributed by atoms with E-state index in [1.54, 1.807) is 11.8 Å². The molecule has 0 amide bonds. The van der Waals surface area contributed by atoms with Crippen LogP contribution in [0.15, 0.2) is 82.6 Å². The summed E-state index contributed by atoms with van der Waals surface area (Å²) in [7, 11) is 0. The molecule has 27 heavy (non-hydrogen) atoms. The monoisotopic (exact) mass is 392 g/mol. The van der Waals surface area contributed by atoms with Crippen LogP contribution in [0.5, 0.6) is 0 Å². The summed E-state index contributed by atoms with van der Waals surface area (Å²) in [6, 6.07) is 25.3. The van der Waals surface area contributed by atoms with Crippen molar-refractivity contribution >= 4 is 23.5 Å². The van der Waals surface area contributed by atoms with Crippen molar-refractivity contribution < 1.29 is 0 Å². The quantitative estimate of drug-likeness (QED) is 0.549. The molecule has 0 fully saturated rings. The first-order valence-corrected chi connectivity index (χ1v) is 10.9. The molecule has 0 saturated carbocycles. The molecule has 4 rings (SSSR count). The Balaban J connectivity index is 1.69. The van der Waals surface area contributed by atoms with E-state index in [0.29, 0.717) is 0 Å². The van der Waals surface area contributed by atoms with Crippen LogP contribution in [0.4, 0.5) is 0 Å². The highest BCUT2D eigenvalue weighted by atomic mass is 32.2. The number of rotatable bonds is 4. The molecule has 3 aromatic carbocycles. The van der Waals surface area contributed by atoms with Gasteiger partial charge in [0.15, 0.2) is 0 Å². The predicted octanol–water partition coefficient (Wildman–Crippen LogP) is 5.83. The van der Waals surface area contributed by atoms with Gasteiger partial charge in [-0.15, -0.1) is 11.8 Å². The smallest absolute Gasteiger partial charge is 0.0794 e. The topological polar surface area (TPSA) is 52.0 Å². The summed E-state index contributed by atoms with van der Waals surface area (Å²) in [4.78, 5) is 2.59. The maximum absolute atomic E-state index is 6.64. The number of thioether (sulfide) groups is 1. The maximum atomic E-state index is 6.64. The first-order valence-electron chi connectivity index (χ1n) is 9.11. The van der Waals surface area contributed by atoms with Gasteiger partial charge >= 0.3 is 0 Å². The van der Waals surface area contributed by atoms with Crippen molar-refractivity contribution in [1.82, 2.24) is 0 Å². The third kappa shape index (κ3) is 3.43. The van der Waals surface area contributed by atoms with Crippen LogP contribution in [0, 0.1) is 0 Å². The molecule has 2 unspecified atom stereocenters. The summed E-state index contributed by atoms with van der Waals surface area (Å²) in [6.07, 6.45) is 0. The Hall–Kier alpha value is -1.72. The van der Waals surface area contributed by atoms with Gasteiger partial charge in [-0.3, -0.25) is 0 Å². The van der Waals surface area contributed by atoms with E-state index in [9.17, 15) is 0 Å². The molecule has 0 spiro atoms. The summed E-state index contributed by atoms with van der Waals surface area (Å²) in [5.74, 6) is 0. The number of hydrogen-bond acceptors (Lipinski definition) is 4. The molecule has 0 aliphatic carbocycles. The molecular formula is C23H24N2S2. The molecule has 138 valence electrons. The van der Waals surface area contributed by atoms with Crippen LogP contribution in [0.25, 0.3) is 0 Å². The summed E-state index contributed by atoms with van der Waals surface area (Å²) in [6.45, 7) is 4.59. The van der Waals surface area contributed by atoms with Crippen molar-refractivity contribution in [2.24, 2.45) is 11.5 Å². The SMILES string of the molecule is CC1(C)c2ccccc2Sc2c(C(N)SC(N)c3ccccc3)cccc21. The van der Waals surface area contributed by atoms with Gasteiger partial charge in [-0.2, -0.15) is 0 Å². The molecule has 0 aromatic heterocycles. The molecule has 2 atom stereocenters. The Morgan fingerprint density at radius 2 is 1.44 bits per heavy atom. The van der Waals surface area contributed by atoms with Crippen LogP contribution in [0.3, 0.4) is 0 Å². The standard InChI is InChI=1S/C23H24N2S2/c1-23(2)17-12-6-7-14-19(17)26-20-16(11-8-13-18(20)23)22(25)27-21(24)15-9-4-3-5-10-15/h3-14,21-22H,24-25H2,1-2H3. The van der Waals surface area contributed by atoms with Crippen LogP contribution in [0.1, 0.15) is 46.8 Å². The average molecular weight is 393 g/mol. The highest BCUT2D eigenvalue weighted by Crippen LogP contribution is 2.52. The Morgan fingerprint density at radius 3 is 2.22 bits per heavy atom. The molecule has 3 aromatic rings. The van der Waals surface area contributed by atoms with Gasteiger partial charge in [0.1, 0.15) is 0 Å². The van der Waals surface area contributed by atoms with Crippen molar-refractivity contribution in [3.05, 3.63) is 95.1 Å². The van der Waals surface area contributed by atoms with Crippen molar-refractivity contribution in [2.75, 3.05) is 0 Å². The van der Waals surface area contributed by atoms with Gasteiger partial charge in [0.05, 0.1) is 10.7 Å². The first-order chi connectivity index (χ1) is 13.0. The average Bonchev–Trinajstić information content (AvgIpc) is 2.68. The summed E-state index contributed by atoms with van der Waals surface area (Å²) < 4.78 is 0. The van der Waals surface area contributed by atoms with E-state index >= 15 is 0 Å². The Kier molecular flexibility index (Phi) is 5.08. The van der Waals surface area contributed by atoms with Gasteiger partial charge in [-0.25, -0.2) is 0 Å². The molecule has 0 saturated heterocycles. The molecule has 0 radical (unpaired) electrons. The Bertz CT molecular complexity index is 954. The minimum Gasteiger partial charge on any atom is -0.316 e. The molecule has 2 nitrogen and oxygen atoms in total. The molecule has 4 heteroatoms. The highest BCUT2D eigenvalue weighted by Gasteiger charge is 2.34. The van der Waals surface area contributed by atoms with Crippen molar-refractivity contribution in [3.8, 4) is 0 Å². The second kappa shape index (κ2) is 7.36. The second-order valence-corrected chi connectivity index (χ2v) is 9.68. The number of hydrogen-bond donors (Lipinski definition) is 2. The summed E-state index contributed by atoms with van der Waals surface area (Å²) in [5, 5.41) is -0.324. The summed E-state index contributed by atoms with van der Waals surface area (Å²) >= 11 is 3.43. The fourth-order valence-electron chi connectivity index (χ4n) is 3.66. The van der Waals surface area contributed by atoms with Gasteiger partial charge in [0.2, 0.25) is 0 Å². The van der Waals surface area contributed by atoms with Crippen LogP contribution >= 0.6 is 23.5 Å². The minimum absolute atomic E-state index is 0.0425.